The molecule has 27 heavy (non-hydrogen) atoms. The molecule has 2 aromatic carbocycles. The van der Waals surface area contributed by atoms with Crippen LogP contribution in [0, 0.1) is 5.82 Å². The minimum atomic E-state index is -1.74. The largest absolute Gasteiger partial charge is 0.494 e. The fraction of sp³-hybridized carbons (Fsp3) is 0.381. The van der Waals surface area contributed by atoms with E-state index in [-0.39, 0.29) is 11.7 Å². The van der Waals surface area contributed by atoms with Gasteiger partial charge in [0.15, 0.2) is 0 Å². The first-order chi connectivity index (χ1) is 12.8. The number of benzene rings is 2. The summed E-state index contributed by atoms with van der Waals surface area (Å²) in [6.45, 7) is 9.57. The van der Waals surface area contributed by atoms with E-state index in [1.54, 1.807) is 12.1 Å². The van der Waals surface area contributed by atoms with E-state index in [1.165, 1.54) is 6.07 Å². The quantitative estimate of drug-likeness (QED) is 0.772. The summed E-state index contributed by atoms with van der Waals surface area (Å²) in [4.78, 5) is 12.8. The highest BCUT2D eigenvalue weighted by atomic mass is 28.3. The first-order valence-corrected chi connectivity index (χ1v) is 12.9. The van der Waals surface area contributed by atoms with Gasteiger partial charge in [0.2, 0.25) is 5.91 Å². The molecule has 2 aromatic rings. The Bertz CT molecular complexity index is 849. The van der Waals surface area contributed by atoms with Crippen LogP contribution in [0.1, 0.15) is 24.1 Å². The average Bonchev–Trinajstić information content (AvgIpc) is 2.60. The van der Waals surface area contributed by atoms with Crippen molar-refractivity contribution in [2.45, 2.75) is 39.0 Å². The van der Waals surface area contributed by atoms with Crippen LogP contribution in [0.4, 0.5) is 10.1 Å². The van der Waals surface area contributed by atoms with Gasteiger partial charge in [-0.3, -0.25) is 4.79 Å². The lowest BCUT2D eigenvalue weighted by Crippen LogP contribution is -2.40. The maximum Gasteiger partial charge on any atom is 0.246 e. The van der Waals surface area contributed by atoms with Crippen LogP contribution in [-0.2, 0) is 11.2 Å². The molecule has 0 saturated carbocycles. The first kappa shape index (κ1) is 19.6. The van der Waals surface area contributed by atoms with Gasteiger partial charge in [-0.25, -0.2) is 4.39 Å². The van der Waals surface area contributed by atoms with Crippen LogP contribution in [0.2, 0.25) is 19.6 Å². The lowest BCUT2D eigenvalue weighted by atomic mass is 9.93. The molecule has 0 bridgehead atoms. The van der Waals surface area contributed by atoms with Crippen LogP contribution in [0.25, 0.3) is 0 Å². The Morgan fingerprint density at radius 3 is 2.70 bits per heavy atom. The number of carbonyl (C=O) groups excluding carboxylic acids is 1. The topological polar surface area (TPSA) is 50.4 Å². The minimum absolute atomic E-state index is 0.180. The van der Waals surface area contributed by atoms with Gasteiger partial charge in [0, 0.05) is 12.2 Å². The Balaban J connectivity index is 1.79. The summed E-state index contributed by atoms with van der Waals surface area (Å²) in [5.74, 6) is 0.395. The third-order valence-corrected chi connectivity index (χ3v) is 6.81. The van der Waals surface area contributed by atoms with Crippen LogP contribution in [0.15, 0.2) is 36.4 Å². The minimum Gasteiger partial charge on any atom is -0.494 e. The Morgan fingerprint density at radius 1 is 1.26 bits per heavy atom. The monoisotopic (exact) mass is 386 g/mol. The zero-order valence-corrected chi connectivity index (χ0v) is 17.4. The molecule has 144 valence electrons. The van der Waals surface area contributed by atoms with Crippen molar-refractivity contribution in [3.8, 4) is 5.75 Å². The van der Waals surface area contributed by atoms with Gasteiger partial charge in [-0.1, -0.05) is 31.8 Å². The number of hydrogen-bond donors (Lipinski definition) is 2. The highest BCUT2D eigenvalue weighted by Crippen LogP contribution is 2.28. The second-order valence-electron chi connectivity index (χ2n) is 7.86. The van der Waals surface area contributed by atoms with E-state index >= 15 is 0 Å². The van der Waals surface area contributed by atoms with Crippen LogP contribution in [-0.4, -0.2) is 27.1 Å². The molecule has 0 unspecified atom stereocenters. The van der Waals surface area contributed by atoms with Crippen LogP contribution in [0.3, 0.4) is 0 Å². The van der Waals surface area contributed by atoms with Gasteiger partial charge in [0.1, 0.15) is 17.6 Å². The Kier molecular flexibility index (Phi) is 5.67. The highest BCUT2D eigenvalue weighted by Gasteiger charge is 2.27. The van der Waals surface area contributed by atoms with E-state index in [0.29, 0.717) is 18.8 Å². The number of ether oxygens (including phenoxy) is 1. The van der Waals surface area contributed by atoms with E-state index in [0.717, 1.165) is 28.5 Å². The molecule has 0 fully saturated rings. The number of nitrogens with one attached hydrogen (secondary N) is 2. The third-order valence-electron chi connectivity index (χ3n) is 4.79. The third kappa shape index (κ3) is 4.39. The van der Waals surface area contributed by atoms with Crippen molar-refractivity contribution in [2.75, 3.05) is 18.5 Å². The van der Waals surface area contributed by atoms with Gasteiger partial charge in [-0.2, -0.15) is 0 Å². The molecule has 0 spiro atoms. The fourth-order valence-corrected chi connectivity index (χ4v) is 4.82. The average molecular weight is 387 g/mol. The summed E-state index contributed by atoms with van der Waals surface area (Å²) in [6, 6.07) is 10.4. The number of carbonyl (C=O) groups is 1. The van der Waals surface area contributed by atoms with Gasteiger partial charge >= 0.3 is 0 Å². The van der Waals surface area contributed by atoms with Gasteiger partial charge < -0.3 is 15.4 Å². The molecular weight excluding hydrogens is 359 g/mol. The first-order valence-electron chi connectivity index (χ1n) is 9.39. The second kappa shape index (κ2) is 7.82. The van der Waals surface area contributed by atoms with Crippen molar-refractivity contribution in [3.63, 3.8) is 0 Å². The summed E-state index contributed by atoms with van der Waals surface area (Å²) >= 11 is 0. The lowest BCUT2D eigenvalue weighted by Gasteiger charge is -2.27. The molecule has 6 heteroatoms. The normalized spacial score (nSPS) is 16.6. The molecule has 4 nitrogen and oxygen atoms in total. The van der Waals surface area contributed by atoms with Crippen LogP contribution < -0.4 is 20.6 Å². The standard InChI is InChI=1S/C21H27FN2O2Si/c1-5-26-16-7-8-17-14(12-16)10-11-23-20(17)21(25)24-15-6-9-19(18(22)13-15)27(2,3)4/h6-9,12-13,20,23H,5,10-11H2,1-4H3,(H,24,25)/t20-/m1/s1. The molecule has 0 saturated heterocycles. The van der Waals surface area contributed by atoms with E-state index in [9.17, 15) is 9.18 Å². The Hall–Kier alpha value is -2.18. The van der Waals surface area contributed by atoms with Crippen molar-refractivity contribution in [1.82, 2.24) is 5.32 Å². The van der Waals surface area contributed by atoms with Gasteiger partial charge in [-0.05, 0) is 53.9 Å². The summed E-state index contributed by atoms with van der Waals surface area (Å²) in [7, 11) is -1.74. The molecule has 0 radical (unpaired) electrons. The zero-order chi connectivity index (χ0) is 19.6. The lowest BCUT2D eigenvalue weighted by molar-refractivity contribution is -0.118. The second-order valence-corrected chi connectivity index (χ2v) is 12.9. The molecule has 1 amide bonds. The molecule has 0 aromatic heterocycles. The van der Waals surface area contributed by atoms with E-state index in [2.05, 4.69) is 30.3 Å². The molecule has 1 aliphatic rings. The molecule has 1 aliphatic heterocycles. The van der Waals surface area contributed by atoms with Crippen molar-refractivity contribution in [2.24, 2.45) is 0 Å². The van der Waals surface area contributed by atoms with Crippen molar-refractivity contribution < 1.29 is 13.9 Å². The molecule has 3 rings (SSSR count). The number of anilines is 1. The fourth-order valence-electron chi connectivity index (χ4n) is 3.45. The SMILES string of the molecule is CCOc1ccc2c(c1)CCN[C@H]2C(=O)Nc1ccc([Si](C)(C)C)c(F)c1. The number of amides is 1. The molecule has 1 atom stereocenters. The number of fused-ring (bicyclic) bond motifs is 1. The molecule has 2 N–H and O–H groups in total. The van der Waals surface area contributed by atoms with Gasteiger partial charge in [0.05, 0.1) is 14.7 Å². The summed E-state index contributed by atoms with van der Waals surface area (Å²) in [6.07, 6.45) is 0.847. The number of halogens is 1. The number of rotatable bonds is 5. The maximum atomic E-state index is 14.4. The van der Waals surface area contributed by atoms with E-state index in [4.69, 9.17) is 4.74 Å². The Labute approximate surface area is 161 Å². The summed E-state index contributed by atoms with van der Waals surface area (Å²) < 4.78 is 20.0. The van der Waals surface area contributed by atoms with Crippen molar-refractivity contribution >= 4 is 24.9 Å². The smallest absolute Gasteiger partial charge is 0.246 e. The molecule has 0 aliphatic carbocycles. The van der Waals surface area contributed by atoms with E-state index in [1.807, 2.05) is 25.1 Å². The van der Waals surface area contributed by atoms with Gasteiger partial charge in [0.25, 0.3) is 0 Å². The van der Waals surface area contributed by atoms with Crippen molar-refractivity contribution in [3.05, 3.63) is 53.3 Å². The number of hydrogen-bond acceptors (Lipinski definition) is 3. The van der Waals surface area contributed by atoms with Gasteiger partial charge in [-0.15, -0.1) is 0 Å². The predicted molar refractivity (Wildman–Crippen MR) is 110 cm³/mol. The maximum absolute atomic E-state index is 14.4. The van der Waals surface area contributed by atoms with Crippen LogP contribution >= 0.6 is 0 Å². The zero-order valence-electron chi connectivity index (χ0n) is 16.4. The Morgan fingerprint density at radius 2 is 2.04 bits per heavy atom. The summed E-state index contributed by atoms with van der Waals surface area (Å²) in [5.41, 5.74) is 2.54. The molecular formula is C21H27FN2O2Si. The van der Waals surface area contributed by atoms with Crippen LogP contribution in [0.5, 0.6) is 5.75 Å². The molecule has 1 heterocycles. The van der Waals surface area contributed by atoms with Crippen molar-refractivity contribution in [1.29, 1.82) is 0 Å². The highest BCUT2D eigenvalue weighted by molar-refractivity contribution is 6.88. The summed E-state index contributed by atoms with van der Waals surface area (Å²) in [5, 5.41) is 6.88. The predicted octanol–water partition coefficient (Wildman–Crippen LogP) is 3.60. The van der Waals surface area contributed by atoms with E-state index < -0.39 is 14.1 Å².